The maximum Gasteiger partial charge on any atom is 0.0547 e. The van der Waals surface area contributed by atoms with Gasteiger partial charge in [0.25, 0.3) is 0 Å². The second-order valence-corrected chi connectivity index (χ2v) is 14.6. The second kappa shape index (κ2) is 13.6. The normalized spacial score (nSPS) is 11.5. The maximum absolute atomic E-state index is 2.40. The fraction of sp³-hybridized carbons (Fsp3) is 0. The molecule has 268 valence electrons. The van der Waals surface area contributed by atoms with Crippen molar-refractivity contribution in [1.82, 2.24) is 9.13 Å². The molecule has 0 fully saturated rings. The van der Waals surface area contributed by atoms with E-state index in [1.165, 1.54) is 65.9 Å². The summed E-state index contributed by atoms with van der Waals surface area (Å²) in [5, 5.41) is 4.97. The minimum atomic E-state index is 1.10. The highest BCUT2D eigenvalue weighted by molar-refractivity contribution is 6.17. The summed E-state index contributed by atoms with van der Waals surface area (Å²) >= 11 is 0. The third-order valence-electron chi connectivity index (χ3n) is 11.3. The Morgan fingerprint density at radius 3 is 1.53 bits per heavy atom. The van der Waals surface area contributed by atoms with E-state index in [-0.39, 0.29) is 0 Å². The highest BCUT2D eigenvalue weighted by atomic mass is 15.1. The van der Waals surface area contributed by atoms with Crippen LogP contribution in [0.3, 0.4) is 0 Å². The third-order valence-corrected chi connectivity index (χ3v) is 11.3. The summed E-state index contributed by atoms with van der Waals surface area (Å²) in [6.45, 7) is 0. The summed E-state index contributed by atoms with van der Waals surface area (Å²) < 4.78 is 4.78. The Hall–Kier alpha value is -7.62. The minimum absolute atomic E-state index is 1.10. The molecule has 3 heteroatoms. The molecular formula is C54H37N3. The van der Waals surface area contributed by atoms with Gasteiger partial charge in [-0.3, -0.25) is 0 Å². The first kappa shape index (κ1) is 32.8. The number of anilines is 3. The lowest BCUT2D eigenvalue weighted by atomic mass is 9.99. The fourth-order valence-corrected chi connectivity index (χ4v) is 8.74. The summed E-state index contributed by atoms with van der Waals surface area (Å²) in [6, 6.07) is 81.0. The van der Waals surface area contributed by atoms with E-state index in [1.807, 2.05) is 0 Å². The van der Waals surface area contributed by atoms with Gasteiger partial charge in [0.15, 0.2) is 0 Å². The van der Waals surface area contributed by atoms with Crippen molar-refractivity contribution in [3.05, 3.63) is 224 Å². The predicted octanol–water partition coefficient (Wildman–Crippen LogP) is 14.7. The van der Waals surface area contributed by atoms with Gasteiger partial charge in [-0.2, -0.15) is 0 Å². The Morgan fingerprint density at radius 2 is 0.807 bits per heavy atom. The monoisotopic (exact) mass is 727 g/mol. The topological polar surface area (TPSA) is 13.1 Å². The Balaban J connectivity index is 1.06. The molecule has 0 spiro atoms. The van der Waals surface area contributed by atoms with Crippen LogP contribution in [0.1, 0.15) is 0 Å². The number of para-hydroxylation sites is 4. The van der Waals surface area contributed by atoms with E-state index in [4.69, 9.17) is 0 Å². The van der Waals surface area contributed by atoms with Crippen molar-refractivity contribution in [1.29, 1.82) is 0 Å². The van der Waals surface area contributed by atoms with E-state index in [2.05, 4.69) is 238 Å². The van der Waals surface area contributed by atoms with Gasteiger partial charge in [-0.05, 0) is 107 Å². The van der Waals surface area contributed by atoms with Crippen LogP contribution < -0.4 is 4.90 Å². The fourth-order valence-electron chi connectivity index (χ4n) is 8.74. The first-order valence-electron chi connectivity index (χ1n) is 19.5. The lowest BCUT2D eigenvalue weighted by Crippen LogP contribution is -2.09. The molecule has 9 aromatic carbocycles. The lowest BCUT2D eigenvalue weighted by molar-refractivity contribution is 1.18. The van der Waals surface area contributed by atoms with Crippen molar-refractivity contribution in [2.24, 2.45) is 0 Å². The van der Waals surface area contributed by atoms with Crippen molar-refractivity contribution >= 4 is 60.7 Å². The van der Waals surface area contributed by atoms with Gasteiger partial charge in [0, 0.05) is 50.0 Å². The van der Waals surface area contributed by atoms with Crippen LogP contribution in [0.25, 0.3) is 77.2 Å². The van der Waals surface area contributed by atoms with Crippen molar-refractivity contribution < 1.29 is 0 Å². The van der Waals surface area contributed by atoms with Crippen LogP contribution in [-0.4, -0.2) is 9.13 Å². The van der Waals surface area contributed by atoms with E-state index in [0.717, 1.165) is 28.4 Å². The van der Waals surface area contributed by atoms with Crippen molar-refractivity contribution in [2.75, 3.05) is 4.90 Å². The van der Waals surface area contributed by atoms with Gasteiger partial charge >= 0.3 is 0 Å². The highest BCUT2D eigenvalue weighted by Gasteiger charge is 2.20. The molecule has 11 aromatic rings. The molecule has 0 unspecified atom stereocenters. The van der Waals surface area contributed by atoms with E-state index >= 15 is 0 Å². The molecule has 0 saturated heterocycles. The van der Waals surface area contributed by atoms with Crippen LogP contribution in [0, 0.1) is 0 Å². The number of hydrogen-bond acceptors (Lipinski definition) is 1. The first-order chi connectivity index (χ1) is 28.3. The van der Waals surface area contributed by atoms with Crippen LogP contribution >= 0.6 is 0 Å². The van der Waals surface area contributed by atoms with Crippen LogP contribution in [0.5, 0.6) is 0 Å². The van der Waals surface area contributed by atoms with Gasteiger partial charge in [-0.25, -0.2) is 0 Å². The van der Waals surface area contributed by atoms with Crippen molar-refractivity contribution in [3.8, 4) is 33.6 Å². The molecule has 0 radical (unpaired) electrons. The first-order valence-corrected chi connectivity index (χ1v) is 19.5. The summed E-state index contributed by atoms with van der Waals surface area (Å²) in [4.78, 5) is 2.37. The Kier molecular flexibility index (Phi) is 7.82. The Labute approximate surface area is 331 Å². The standard InChI is InChI=1S/C54H37N3/c1-5-16-39(17-6-1)46-25-15-27-52-54(46)49-37-45(33-35-51(49)56(52)42-20-9-3-10-21-42)55(41-18-7-2-8-19-41)44-31-28-38(29-32-44)40-30-34-48-47-24-13-14-26-50(47)57(53(48)36-40)43-22-11-4-12-23-43/h1-37H. The molecule has 0 aliphatic carbocycles. The summed E-state index contributed by atoms with van der Waals surface area (Å²) in [5.41, 5.74) is 15.2. The zero-order valence-electron chi connectivity index (χ0n) is 31.2. The molecule has 0 bridgehead atoms. The number of rotatable bonds is 7. The molecule has 3 nitrogen and oxygen atoms in total. The van der Waals surface area contributed by atoms with E-state index < -0.39 is 0 Å². The molecule has 0 amide bonds. The molecule has 0 aliphatic heterocycles. The van der Waals surface area contributed by atoms with Gasteiger partial charge in [0.1, 0.15) is 0 Å². The lowest BCUT2D eigenvalue weighted by Gasteiger charge is -2.26. The zero-order chi connectivity index (χ0) is 37.7. The number of nitrogens with zero attached hydrogens (tertiary/aromatic N) is 3. The van der Waals surface area contributed by atoms with Gasteiger partial charge in [0.05, 0.1) is 22.1 Å². The van der Waals surface area contributed by atoms with Gasteiger partial charge in [-0.15, -0.1) is 0 Å². The number of fused-ring (bicyclic) bond motifs is 6. The molecular weight excluding hydrogens is 691 g/mol. The summed E-state index contributed by atoms with van der Waals surface area (Å²) in [5.74, 6) is 0. The molecule has 57 heavy (non-hydrogen) atoms. The average Bonchev–Trinajstić information content (AvgIpc) is 3.80. The molecule has 2 aromatic heterocycles. The predicted molar refractivity (Wildman–Crippen MR) is 241 cm³/mol. The molecule has 0 N–H and O–H groups in total. The Morgan fingerprint density at radius 1 is 0.281 bits per heavy atom. The van der Waals surface area contributed by atoms with Gasteiger partial charge in [-0.1, -0.05) is 140 Å². The van der Waals surface area contributed by atoms with Crippen molar-refractivity contribution in [2.45, 2.75) is 0 Å². The number of hydrogen-bond donors (Lipinski definition) is 0. The molecule has 11 rings (SSSR count). The summed E-state index contributed by atoms with van der Waals surface area (Å²) in [7, 11) is 0. The highest BCUT2D eigenvalue weighted by Crippen LogP contribution is 2.43. The molecule has 0 saturated carbocycles. The Bertz CT molecular complexity index is 3200. The van der Waals surface area contributed by atoms with Crippen molar-refractivity contribution in [3.63, 3.8) is 0 Å². The summed E-state index contributed by atoms with van der Waals surface area (Å²) in [6.07, 6.45) is 0. The van der Waals surface area contributed by atoms with Crippen LogP contribution in [-0.2, 0) is 0 Å². The maximum atomic E-state index is 2.40. The molecule has 0 atom stereocenters. The largest absolute Gasteiger partial charge is 0.310 e. The molecule has 0 aliphatic rings. The quantitative estimate of drug-likeness (QED) is 0.159. The minimum Gasteiger partial charge on any atom is -0.310 e. The number of benzene rings is 9. The number of aromatic nitrogens is 2. The van der Waals surface area contributed by atoms with Crippen LogP contribution in [0.15, 0.2) is 224 Å². The van der Waals surface area contributed by atoms with Gasteiger partial charge < -0.3 is 14.0 Å². The third kappa shape index (κ3) is 5.51. The van der Waals surface area contributed by atoms with E-state index in [1.54, 1.807) is 0 Å². The zero-order valence-corrected chi connectivity index (χ0v) is 31.2. The second-order valence-electron chi connectivity index (χ2n) is 14.6. The molecule has 2 heterocycles. The SMILES string of the molecule is c1ccc(-c2cccc3c2c2cc(N(c4ccccc4)c4ccc(-c5ccc6c7ccccc7n(-c7ccccc7)c6c5)cc4)ccc2n3-c2ccccc2)cc1. The van der Waals surface area contributed by atoms with E-state index in [0.29, 0.717) is 0 Å². The average molecular weight is 728 g/mol. The van der Waals surface area contributed by atoms with Crippen LogP contribution in [0.4, 0.5) is 17.1 Å². The van der Waals surface area contributed by atoms with E-state index in [9.17, 15) is 0 Å². The smallest absolute Gasteiger partial charge is 0.0547 e. The van der Waals surface area contributed by atoms with Crippen LogP contribution in [0.2, 0.25) is 0 Å². The van der Waals surface area contributed by atoms with Gasteiger partial charge in [0.2, 0.25) is 0 Å².